The molecule has 1 aliphatic heterocycles. The van der Waals surface area contributed by atoms with Crippen LogP contribution >= 0.6 is 0 Å². The first-order chi connectivity index (χ1) is 14.7. The van der Waals surface area contributed by atoms with Gasteiger partial charge in [-0.2, -0.15) is 0 Å². The predicted octanol–water partition coefficient (Wildman–Crippen LogP) is 4.93. The van der Waals surface area contributed by atoms with E-state index in [0.29, 0.717) is 12.2 Å². The maximum absolute atomic E-state index is 14.7. The lowest BCUT2D eigenvalue weighted by molar-refractivity contribution is 0.236. The Morgan fingerprint density at radius 3 is 2.47 bits per heavy atom. The van der Waals surface area contributed by atoms with E-state index in [0.717, 1.165) is 55.5 Å². The van der Waals surface area contributed by atoms with Crippen LogP contribution in [-0.4, -0.2) is 31.1 Å². The van der Waals surface area contributed by atoms with Gasteiger partial charge in [-0.1, -0.05) is 48.5 Å². The monoisotopic (exact) mass is 408 g/mol. The average molecular weight is 408 g/mol. The van der Waals surface area contributed by atoms with Crippen LogP contribution in [0.15, 0.2) is 72.8 Å². The second-order valence-electron chi connectivity index (χ2n) is 7.55. The molecule has 0 aromatic heterocycles. The Morgan fingerprint density at radius 1 is 0.900 bits per heavy atom. The van der Waals surface area contributed by atoms with Crippen molar-refractivity contribution in [1.29, 1.82) is 0 Å². The van der Waals surface area contributed by atoms with Crippen molar-refractivity contribution in [2.75, 3.05) is 26.2 Å². The summed E-state index contributed by atoms with van der Waals surface area (Å²) in [5, 5.41) is 3.38. The topological polar surface area (TPSA) is 24.5 Å². The molecule has 0 spiro atoms. The lowest BCUT2D eigenvalue weighted by Crippen LogP contribution is -2.33. The quantitative estimate of drug-likeness (QED) is 0.626. The van der Waals surface area contributed by atoms with E-state index in [1.165, 1.54) is 6.07 Å². The van der Waals surface area contributed by atoms with Gasteiger partial charge in [-0.15, -0.1) is 0 Å². The molecule has 1 atom stereocenters. The third-order valence-corrected chi connectivity index (χ3v) is 5.44. The van der Waals surface area contributed by atoms with Crippen LogP contribution in [0.4, 0.5) is 8.78 Å². The third-order valence-electron chi connectivity index (χ3n) is 5.44. The Hall–Kier alpha value is -2.76. The Bertz CT molecular complexity index is 939. The molecule has 0 radical (unpaired) electrons. The second-order valence-corrected chi connectivity index (χ2v) is 7.55. The summed E-state index contributed by atoms with van der Waals surface area (Å²) >= 11 is 0. The molecule has 3 nitrogen and oxygen atoms in total. The first-order valence-corrected chi connectivity index (χ1v) is 10.4. The Labute approximate surface area is 176 Å². The Morgan fingerprint density at radius 2 is 1.70 bits per heavy atom. The van der Waals surface area contributed by atoms with Crippen LogP contribution in [0.5, 0.6) is 5.75 Å². The van der Waals surface area contributed by atoms with Crippen molar-refractivity contribution in [3.63, 3.8) is 0 Å². The van der Waals surface area contributed by atoms with Crippen LogP contribution in [0.1, 0.15) is 29.2 Å². The lowest BCUT2D eigenvalue weighted by Gasteiger charge is -2.31. The number of nitrogens with zero attached hydrogens (tertiary/aromatic N) is 1. The first-order valence-electron chi connectivity index (χ1n) is 10.4. The standard InChI is InChI=1S/C25H26F2N2O/c26-21-9-12-23(24(27)17-21)25(29-15-4-13-28-14-16-29)20-7-10-22(11-8-20)30-18-19-5-2-1-3-6-19/h1-3,5-12,17,25,28H,4,13-16,18H2. The molecule has 30 heavy (non-hydrogen) atoms. The fourth-order valence-corrected chi connectivity index (χ4v) is 3.92. The SMILES string of the molecule is Fc1ccc(C(c2ccc(OCc3ccccc3)cc2)N2CCCNCC2)c(F)c1. The summed E-state index contributed by atoms with van der Waals surface area (Å²) in [6.45, 7) is 3.93. The van der Waals surface area contributed by atoms with E-state index in [9.17, 15) is 8.78 Å². The molecule has 4 rings (SSSR count). The molecule has 0 bridgehead atoms. The van der Waals surface area contributed by atoms with Gasteiger partial charge >= 0.3 is 0 Å². The highest BCUT2D eigenvalue weighted by molar-refractivity contribution is 5.36. The highest BCUT2D eigenvalue weighted by Gasteiger charge is 2.26. The fraction of sp³-hybridized carbons (Fsp3) is 0.280. The maximum Gasteiger partial charge on any atom is 0.131 e. The van der Waals surface area contributed by atoms with Crippen molar-refractivity contribution in [1.82, 2.24) is 10.2 Å². The number of hydrogen-bond acceptors (Lipinski definition) is 3. The number of hydrogen-bond donors (Lipinski definition) is 1. The van der Waals surface area contributed by atoms with Crippen molar-refractivity contribution in [2.24, 2.45) is 0 Å². The minimum Gasteiger partial charge on any atom is -0.489 e. The van der Waals surface area contributed by atoms with Gasteiger partial charge in [-0.3, -0.25) is 4.90 Å². The molecule has 1 heterocycles. The van der Waals surface area contributed by atoms with E-state index in [1.54, 1.807) is 6.07 Å². The molecule has 3 aromatic carbocycles. The molecule has 156 valence electrons. The zero-order valence-corrected chi connectivity index (χ0v) is 16.9. The molecule has 1 fully saturated rings. The molecule has 5 heteroatoms. The summed E-state index contributed by atoms with van der Waals surface area (Å²) in [7, 11) is 0. The zero-order valence-electron chi connectivity index (χ0n) is 16.9. The van der Waals surface area contributed by atoms with E-state index in [2.05, 4.69) is 10.2 Å². The summed E-state index contributed by atoms with van der Waals surface area (Å²) < 4.78 is 34.1. The molecule has 1 unspecified atom stereocenters. The van der Waals surface area contributed by atoms with Gasteiger partial charge in [0.25, 0.3) is 0 Å². The first kappa shape index (κ1) is 20.5. The zero-order chi connectivity index (χ0) is 20.8. The van der Waals surface area contributed by atoms with E-state index in [1.807, 2.05) is 54.6 Å². The van der Waals surface area contributed by atoms with Gasteiger partial charge in [0.15, 0.2) is 0 Å². The van der Waals surface area contributed by atoms with Gasteiger partial charge in [0.2, 0.25) is 0 Å². The van der Waals surface area contributed by atoms with Gasteiger partial charge in [-0.05, 0) is 42.3 Å². The highest BCUT2D eigenvalue weighted by Crippen LogP contribution is 2.32. The van der Waals surface area contributed by atoms with Crippen molar-refractivity contribution in [3.05, 3.63) is 101 Å². The fourth-order valence-electron chi connectivity index (χ4n) is 3.92. The smallest absolute Gasteiger partial charge is 0.131 e. The number of benzene rings is 3. The van der Waals surface area contributed by atoms with Gasteiger partial charge in [-0.25, -0.2) is 8.78 Å². The van der Waals surface area contributed by atoms with E-state index in [4.69, 9.17) is 4.74 Å². The van der Waals surface area contributed by atoms with Crippen molar-refractivity contribution < 1.29 is 13.5 Å². The largest absolute Gasteiger partial charge is 0.489 e. The van der Waals surface area contributed by atoms with E-state index < -0.39 is 11.6 Å². The van der Waals surface area contributed by atoms with Crippen molar-refractivity contribution >= 4 is 0 Å². The van der Waals surface area contributed by atoms with Crippen LogP contribution in [0, 0.1) is 11.6 Å². The molecule has 1 N–H and O–H groups in total. The average Bonchev–Trinajstić information content (AvgIpc) is 3.05. The van der Waals surface area contributed by atoms with Crippen LogP contribution in [-0.2, 0) is 6.61 Å². The molecule has 0 amide bonds. The minimum absolute atomic E-state index is 0.270. The summed E-state index contributed by atoms with van der Waals surface area (Å²) in [5.74, 6) is -0.308. The summed E-state index contributed by atoms with van der Waals surface area (Å²) in [4.78, 5) is 2.26. The number of nitrogens with one attached hydrogen (secondary N) is 1. The minimum atomic E-state index is -0.558. The summed E-state index contributed by atoms with van der Waals surface area (Å²) in [6.07, 6.45) is 0.984. The van der Waals surface area contributed by atoms with Gasteiger partial charge in [0, 0.05) is 31.3 Å². The van der Waals surface area contributed by atoms with Crippen LogP contribution in [0.3, 0.4) is 0 Å². The van der Waals surface area contributed by atoms with E-state index in [-0.39, 0.29) is 6.04 Å². The normalized spacial score (nSPS) is 16.1. The van der Waals surface area contributed by atoms with Crippen LogP contribution in [0.25, 0.3) is 0 Å². The summed E-state index contributed by atoms with van der Waals surface area (Å²) in [6, 6.07) is 21.4. The van der Waals surface area contributed by atoms with Crippen LogP contribution < -0.4 is 10.1 Å². The summed E-state index contributed by atoms with van der Waals surface area (Å²) in [5.41, 5.74) is 2.57. The number of rotatable bonds is 6. The highest BCUT2D eigenvalue weighted by atomic mass is 19.1. The lowest BCUT2D eigenvalue weighted by atomic mass is 9.96. The van der Waals surface area contributed by atoms with Gasteiger partial charge in [0.1, 0.15) is 24.0 Å². The van der Waals surface area contributed by atoms with Gasteiger partial charge in [0.05, 0.1) is 6.04 Å². The molecule has 3 aromatic rings. The van der Waals surface area contributed by atoms with Crippen molar-refractivity contribution in [2.45, 2.75) is 19.1 Å². The Kier molecular flexibility index (Phi) is 6.72. The number of halogens is 2. The number of ether oxygens (including phenoxy) is 1. The Balaban J connectivity index is 1.58. The molecular formula is C25H26F2N2O. The van der Waals surface area contributed by atoms with Crippen molar-refractivity contribution in [3.8, 4) is 5.75 Å². The van der Waals surface area contributed by atoms with E-state index >= 15 is 0 Å². The molecular weight excluding hydrogens is 382 g/mol. The third kappa shape index (κ3) is 5.04. The molecule has 1 saturated heterocycles. The predicted molar refractivity (Wildman–Crippen MR) is 114 cm³/mol. The van der Waals surface area contributed by atoms with Gasteiger partial charge < -0.3 is 10.1 Å². The molecule has 1 aliphatic rings. The second kappa shape index (κ2) is 9.83. The maximum atomic E-state index is 14.7. The molecule has 0 saturated carbocycles. The van der Waals surface area contributed by atoms with Crippen LogP contribution in [0.2, 0.25) is 0 Å². The molecule has 0 aliphatic carbocycles.